The first-order valence-corrected chi connectivity index (χ1v) is 9.99. The van der Waals surface area contributed by atoms with Crippen molar-refractivity contribution < 1.29 is 9.21 Å². The molecule has 0 bridgehead atoms. The van der Waals surface area contributed by atoms with Crippen LogP contribution in [-0.2, 0) is 18.6 Å². The van der Waals surface area contributed by atoms with Crippen molar-refractivity contribution in [3.8, 4) is 0 Å². The molecular formula is C18H22N4O3S. The molecule has 0 saturated carbocycles. The van der Waals surface area contributed by atoms with Crippen molar-refractivity contribution >= 4 is 23.5 Å². The molecule has 0 aliphatic carbocycles. The van der Waals surface area contributed by atoms with Crippen molar-refractivity contribution in [3.05, 3.63) is 44.6 Å². The van der Waals surface area contributed by atoms with Gasteiger partial charge in [-0.1, -0.05) is 0 Å². The van der Waals surface area contributed by atoms with Gasteiger partial charge in [-0.05, 0) is 44.5 Å². The number of amides is 1. The quantitative estimate of drug-likeness (QED) is 0.856. The number of carbonyl (C=O) groups excluding carboxylic acids is 1. The Morgan fingerprint density at radius 3 is 2.88 bits per heavy atom. The first-order valence-electron chi connectivity index (χ1n) is 8.84. The van der Waals surface area contributed by atoms with Crippen LogP contribution in [0.25, 0.3) is 0 Å². The maximum absolute atomic E-state index is 12.8. The van der Waals surface area contributed by atoms with Crippen LogP contribution >= 0.6 is 11.8 Å². The molecule has 1 saturated heterocycles. The molecule has 2 aliphatic heterocycles. The molecule has 26 heavy (non-hydrogen) atoms. The number of nitrogens with zero attached hydrogens (tertiary/aromatic N) is 2. The number of carbonyl (C=O) groups is 1. The van der Waals surface area contributed by atoms with Crippen LogP contribution < -0.4 is 16.3 Å². The fraction of sp³-hybridized carbons (Fsp3) is 0.500. The fourth-order valence-corrected chi connectivity index (χ4v) is 4.72. The molecule has 138 valence electrons. The smallest absolute Gasteiger partial charge is 0.349 e. The SMILES string of the molecule is Cc1cc(C2CCNCC2)oc(=O)c1C(=O)Nc1c2c(nn1C)CSC2. The van der Waals surface area contributed by atoms with Crippen LogP contribution in [-0.4, -0.2) is 28.8 Å². The highest BCUT2D eigenvalue weighted by Crippen LogP contribution is 2.34. The van der Waals surface area contributed by atoms with E-state index in [0.29, 0.717) is 17.1 Å². The van der Waals surface area contributed by atoms with Crippen LogP contribution in [0.4, 0.5) is 5.82 Å². The van der Waals surface area contributed by atoms with E-state index in [1.54, 1.807) is 30.4 Å². The minimum atomic E-state index is -0.566. The second-order valence-corrected chi connectivity index (χ2v) is 7.85. The molecule has 0 aromatic carbocycles. The van der Waals surface area contributed by atoms with E-state index in [-0.39, 0.29) is 11.5 Å². The number of thioether (sulfide) groups is 1. The van der Waals surface area contributed by atoms with Gasteiger partial charge in [0.1, 0.15) is 17.1 Å². The maximum Gasteiger partial charge on any atom is 0.349 e. The molecule has 8 heteroatoms. The molecule has 2 aromatic rings. The van der Waals surface area contributed by atoms with Crippen LogP contribution in [0.3, 0.4) is 0 Å². The average Bonchev–Trinajstić information content (AvgIpc) is 3.17. The van der Waals surface area contributed by atoms with Gasteiger partial charge in [0.25, 0.3) is 5.91 Å². The summed E-state index contributed by atoms with van der Waals surface area (Å²) in [6, 6.07) is 1.84. The summed E-state index contributed by atoms with van der Waals surface area (Å²) < 4.78 is 7.19. The largest absolute Gasteiger partial charge is 0.427 e. The van der Waals surface area contributed by atoms with E-state index in [0.717, 1.165) is 48.7 Å². The fourth-order valence-electron chi connectivity index (χ4n) is 3.68. The van der Waals surface area contributed by atoms with Crippen LogP contribution in [0.1, 0.15) is 51.7 Å². The second-order valence-electron chi connectivity index (χ2n) is 6.86. The van der Waals surface area contributed by atoms with Crippen molar-refractivity contribution in [3.63, 3.8) is 0 Å². The lowest BCUT2D eigenvalue weighted by atomic mass is 9.94. The predicted molar refractivity (Wildman–Crippen MR) is 101 cm³/mol. The third kappa shape index (κ3) is 3.07. The summed E-state index contributed by atoms with van der Waals surface area (Å²) in [5.41, 5.74) is 2.20. The van der Waals surface area contributed by atoms with E-state index in [4.69, 9.17) is 4.42 Å². The number of nitrogens with one attached hydrogen (secondary N) is 2. The molecule has 0 radical (unpaired) electrons. The van der Waals surface area contributed by atoms with Gasteiger partial charge in [0.2, 0.25) is 0 Å². The molecule has 7 nitrogen and oxygen atoms in total. The zero-order valence-corrected chi connectivity index (χ0v) is 15.7. The molecule has 2 aliphatic rings. The van der Waals surface area contributed by atoms with Crippen LogP contribution in [0.15, 0.2) is 15.3 Å². The van der Waals surface area contributed by atoms with Crippen LogP contribution in [0.5, 0.6) is 0 Å². The first-order chi connectivity index (χ1) is 12.5. The molecule has 1 amide bonds. The van der Waals surface area contributed by atoms with Crippen LogP contribution in [0.2, 0.25) is 0 Å². The molecule has 0 atom stereocenters. The Morgan fingerprint density at radius 1 is 1.38 bits per heavy atom. The highest BCUT2D eigenvalue weighted by molar-refractivity contribution is 7.98. The normalized spacial score (nSPS) is 17.3. The molecule has 0 spiro atoms. The van der Waals surface area contributed by atoms with Gasteiger partial charge in [-0.15, -0.1) is 0 Å². The van der Waals surface area contributed by atoms with E-state index in [9.17, 15) is 9.59 Å². The summed E-state index contributed by atoms with van der Waals surface area (Å²) in [6.45, 7) is 3.62. The van der Waals surface area contributed by atoms with Gasteiger partial charge in [0.15, 0.2) is 0 Å². The maximum atomic E-state index is 12.8. The number of aryl methyl sites for hydroxylation is 2. The number of hydrogen-bond donors (Lipinski definition) is 2. The lowest BCUT2D eigenvalue weighted by molar-refractivity contribution is 0.102. The third-order valence-electron chi connectivity index (χ3n) is 5.08. The summed E-state index contributed by atoms with van der Waals surface area (Å²) in [5.74, 6) is 2.82. The van der Waals surface area contributed by atoms with Gasteiger partial charge in [-0.2, -0.15) is 16.9 Å². The standard InChI is InChI=1S/C18H22N4O3S/c1-10-7-14(11-3-5-19-6-4-11)25-18(24)15(10)17(23)20-16-12-8-26-9-13(12)21-22(16)2/h7,11,19H,3-6,8-9H2,1-2H3,(H,20,23). The summed E-state index contributed by atoms with van der Waals surface area (Å²) in [5, 5.41) is 10.6. The Kier molecular flexibility index (Phi) is 4.62. The molecule has 2 N–H and O–H groups in total. The Bertz CT molecular complexity index is 912. The molecule has 2 aromatic heterocycles. The summed E-state index contributed by atoms with van der Waals surface area (Å²) in [6.07, 6.45) is 1.87. The van der Waals surface area contributed by atoms with Gasteiger partial charge < -0.3 is 15.1 Å². The molecular weight excluding hydrogens is 352 g/mol. The minimum absolute atomic E-state index is 0.0725. The summed E-state index contributed by atoms with van der Waals surface area (Å²) in [7, 11) is 1.80. The van der Waals surface area contributed by atoms with Gasteiger partial charge in [0.05, 0.1) is 5.69 Å². The van der Waals surface area contributed by atoms with E-state index in [1.807, 2.05) is 6.07 Å². The number of piperidine rings is 1. The van der Waals surface area contributed by atoms with Gasteiger partial charge >= 0.3 is 5.63 Å². The monoisotopic (exact) mass is 374 g/mol. The Morgan fingerprint density at radius 2 is 2.15 bits per heavy atom. The topological polar surface area (TPSA) is 89.2 Å². The van der Waals surface area contributed by atoms with Crippen molar-refractivity contribution in [2.75, 3.05) is 18.4 Å². The second kappa shape index (κ2) is 6.92. The first kappa shape index (κ1) is 17.4. The Hall–Kier alpha value is -2.06. The number of aromatic nitrogens is 2. The average molecular weight is 374 g/mol. The van der Waals surface area contributed by atoms with E-state index in [1.165, 1.54) is 0 Å². The number of anilines is 1. The van der Waals surface area contributed by atoms with Gasteiger partial charge in [-0.25, -0.2) is 4.79 Å². The number of fused-ring (bicyclic) bond motifs is 1. The van der Waals surface area contributed by atoms with Crippen molar-refractivity contribution in [1.82, 2.24) is 15.1 Å². The van der Waals surface area contributed by atoms with Crippen molar-refractivity contribution in [1.29, 1.82) is 0 Å². The van der Waals surface area contributed by atoms with Crippen molar-refractivity contribution in [2.45, 2.75) is 37.2 Å². The van der Waals surface area contributed by atoms with Gasteiger partial charge in [-0.3, -0.25) is 9.48 Å². The van der Waals surface area contributed by atoms with Crippen molar-refractivity contribution in [2.24, 2.45) is 7.05 Å². The zero-order valence-electron chi connectivity index (χ0n) is 14.9. The van der Waals surface area contributed by atoms with E-state index < -0.39 is 11.5 Å². The van der Waals surface area contributed by atoms with E-state index >= 15 is 0 Å². The lowest BCUT2D eigenvalue weighted by Crippen LogP contribution is -2.28. The van der Waals surface area contributed by atoms with Gasteiger partial charge in [0, 0.05) is 30.0 Å². The molecule has 1 fully saturated rings. The third-order valence-corrected chi connectivity index (χ3v) is 6.05. The highest BCUT2D eigenvalue weighted by Gasteiger charge is 2.26. The summed E-state index contributed by atoms with van der Waals surface area (Å²) in [4.78, 5) is 25.3. The Balaban J connectivity index is 1.61. The van der Waals surface area contributed by atoms with E-state index in [2.05, 4.69) is 15.7 Å². The lowest BCUT2D eigenvalue weighted by Gasteiger charge is -2.22. The molecule has 4 rings (SSSR count). The van der Waals surface area contributed by atoms with Crippen LogP contribution in [0, 0.1) is 6.92 Å². The molecule has 4 heterocycles. The minimum Gasteiger partial charge on any atom is -0.427 e. The predicted octanol–water partition coefficient (Wildman–Crippen LogP) is 2.15. The number of rotatable bonds is 3. The Labute approximate surface area is 155 Å². The summed E-state index contributed by atoms with van der Waals surface area (Å²) >= 11 is 1.77. The molecule has 0 unspecified atom stereocenters. The zero-order chi connectivity index (χ0) is 18.3. The number of hydrogen-bond acceptors (Lipinski definition) is 6. The highest BCUT2D eigenvalue weighted by atomic mass is 32.2.